The number of ketones is 1. The van der Waals surface area contributed by atoms with Gasteiger partial charge in [-0.2, -0.15) is 0 Å². The highest BCUT2D eigenvalue weighted by Crippen LogP contribution is 2.76. The van der Waals surface area contributed by atoms with Gasteiger partial charge in [-0.3, -0.25) is 4.79 Å². The van der Waals surface area contributed by atoms with Crippen LogP contribution in [0, 0.1) is 39.9 Å². The van der Waals surface area contributed by atoms with E-state index < -0.39 is 74.0 Å². The van der Waals surface area contributed by atoms with Crippen LogP contribution in [0.2, 0.25) is 0 Å². The van der Waals surface area contributed by atoms with E-state index in [1.54, 1.807) is 18.2 Å². The fraction of sp³-hybridized carbons (Fsp3) is 0.741. The summed E-state index contributed by atoms with van der Waals surface area (Å²) in [5.74, 6) is -4.90. The van der Waals surface area contributed by atoms with Gasteiger partial charge < -0.3 is 25.2 Å². The van der Waals surface area contributed by atoms with Crippen LogP contribution < -0.4 is 4.72 Å². The molecule has 9 nitrogen and oxygen atoms in total. The third kappa shape index (κ3) is 3.01. The molecule has 10 heteroatoms. The molecule has 1 aromatic carbocycles. The molecule has 2 aliphatic heterocycles. The molecular formula is C27H37NO8S. The van der Waals surface area contributed by atoms with Crippen LogP contribution in [0.5, 0.6) is 0 Å². The molecule has 6 fully saturated rings. The summed E-state index contributed by atoms with van der Waals surface area (Å²) in [6.07, 6.45) is -1.21. The standard InChI is InChI=1S/C27H37NO8S/c1-24(2)12-10-19(29)25-14-36-27(33,23(32)20(24)25)26-18(25)9-8-16(21(26)30)17(22(26)31)11-13-28-37(34,35)15-6-4-3-5-7-15/h3-7,16-21,23,28-30,32-33H,8-14H2,1-2H3/t16-,17-,18-,19-,20+,21+,23-,25+,26+,27+/m0/s1. The smallest absolute Gasteiger partial charge is 0.240 e. The highest BCUT2D eigenvalue weighted by Gasteiger charge is 2.87. The number of nitrogens with one attached hydrogen (secondary N) is 1. The quantitative estimate of drug-likeness (QED) is 0.371. The average molecular weight is 536 g/mol. The van der Waals surface area contributed by atoms with Gasteiger partial charge in [-0.05, 0) is 61.5 Å². The third-order valence-electron chi connectivity index (χ3n) is 10.9. The van der Waals surface area contributed by atoms with Crippen molar-refractivity contribution in [2.45, 2.75) is 74.9 Å². The van der Waals surface area contributed by atoms with Gasteiger partial charge in [0.15, 0.2) is 5.78 Å². The van der Waals surface area contributed by atoms with Crippen molar-refractivity contribution in [2.24, 2.45) is 39.9 Å². The van der Waals surface area contributed by atoms with Gasteiger partial charge in [0, 0.05) is 23.8 Å². The second kappa shape index (κ2) is 8.06. The van der Waals surface area contributed by atoms with E-state index in [0.29, 0.717) is 25.7 Å². The van der Waals surface area contributed by atoms with E-state index in [0.717, 1.165) is 0 Å². The van der Waals surface area contributed by atoms with Gasteiger partial charge in [-0.15, -0.1) is 0 Å². The number of fused-ring (bicyclic) bond motifs is 2. The van der Waals surface area contributed by atoms with Gasteiger partial charge in [-0.25, -0.2) is 13.1 Å². The molecule has 0 radical (unpaired) electrons. The molecule has 1 aromatic rings. The lowest BCUT2D eigenvalue weighted by molar-refractivity contribution is -0.458. The van der Waals surface area contributed by atoms with Gasteiger partial charge >= 0.3 is 0 Å². The minimum Gasteiger partial charge on any atom is -0.392 e. The molecule has 5 N–H and O–H groups in total. The molecule has 204 valence electrons. The lowest BCUT2D eigenvalue weighted by Gasteiger charge is -2.74. The molecule has 6 aliphatic rings. The number of carbonyl (C=O) groups is 1. The molecule has 4 saturated carbocycles. The first-order chi connectivity index (χ1) is 17.4. The first kappa shape index (κ1) is 25.9. The predicted molar refractivity (Wildman–Crippen MR) is 131 cm³/mol. The van der Waals surface area contributed by atoms with Gasteiger partial charge in [0.05, 0.1) is 23.7 Å². The third-order valence-corrected chi connectivity index (χ3v) is 12.4. The SMILES string of the molecule is CC1(C)CC[C@H](O)[C@]23CO[C@](O)([C@@H](O)[C@H]12)[C@]12C(=O)[C@@H](CCNS(=O)(=O)c4ccccc4)[C@H](CC[C@@H]31)[C@H]2O. The molecule has 4 bridgehead atoms. The van der Waals surface area contributed by atoms with Crippen LogP contribution in [0.3, 0.4) is 0 Å². The summed E-state index contributed by atoms with van der Waals surface area (Å²) in [6, 6.07) is 7.96. The van der Waals surface area contributed by atoms with Crippen molar-refractivity contribution >= 4 is 15.8 Å². The van der Waals surface area contributed by atoms with Crippen LogP contribution in [0.15, 0.2) is 35.2 Å². The Bertz CT molecular complexity index is 1210. The van der Waals surface area contributed by atoms with Crippen molar-refractivity contribution in [3.05, 3.63) is 30.3 Å². The molecule has 2 spiro atoms. The number of hydrogen-bond donors (Lipinski definition) is 5. The van der Waals surface area contributed by atoms with Crippen molar-refractivity contribution in [1.82, 2.24) is 4.72 Å². The maximum Gasteiger partial charge on any atom is 0.240 e. The summed E-state index contributed by atoms with van der Waals surface area (Å²) < 4.78 is 33.9. The zero-order valence-corrected chi connectivity index (χ0v) is 22.0. The number of sulfonamides is 1. The maximum atomic E-state index is 14.3. The Morgan fingerprint density at radius 1 is 1.05 bits per heavy atom. The summed E-state index contributed by atoms with van der Waals surface area (Å²) >= 11 is 0. The zero-order valence-electron chi connectivity index (χ0n) is 21.2. The topological polar surface area (TPSA) is 153 Å². The number of aliphatic hydroxyl groups is 4. The molecule has 4 aliphatic carbocycles. The summed E-state index contributed by atoms with van der Waals surface area (Å²) in [7, 11) is -3.77. The number of carbonyl (C=O) groups excluding carboxylic acids is 1. The second-order valence-corrected chi connectivity index (χ2v) is 14.4. The Morgan fingerprint density at radius 2 is 1.76 bits per heavy atom. The van der Waals surface area contributed by atoms with Gasteiger partial charge in [-0.1, -0.05) is 32.0 Å². The Hall–Kier alpha value is -1.40. The number of aliphatic hydroxyl groups excluding tert-OH is 3. The summed E-state index contributed by atoms with van der Waals surface area (Å²) in [4.78, 5) is 14.4. The van der Waals surface area contributed by atoms with Gasteiger partial charge in [0.2, 0.25) is 15.8 Å². The highest BCUT2D eigenvalue weighted by molar-refractivity contribution is 7.89. The fourth-order valence-electron chi connectivity index (χ4n) is 9.47. The summed E-state index contributed by atoms with van der Waals surface area (Å²) in [5.41, 5.74) is -3.13. The number of benzene rings is 1. The molecule has 0 aromatic heterocycles. The van der Waals surface area contributed by atoms with Crippen molar-refractivity contribution < 1.29 is 38.4 Å². The number of hydrogen-bond acceptors (Lipinski definition) is 8. The minimum atomic E-state index is -3.77. The molecule has 2 heterocycles. The van der Waals surface area contributed by atoms with E-state index >= 15 is 0 Å². The zero-order chi connectivity index (χ0) is 26.6. The first-order valence-electron chi connectivity index (χ1n) is 13.4. The van der Waals surface area contributed by atoms with Crippen LogP contribution in [-0.2, 0) is 19.6 Å². The summed E-state index contributed by atoms with van der Waals surface area (Å²) in [6.45, 7) is 4.05. The Morgan fingerprint density at radius 3 is 2.46 bits per heavy atom. The Kier molecular flexibility index (Phi) is 5.63. The van der Waals surface area contributed by atoms with E-state index in [1.807, 2.05) is 13.8 Å². The van der Waals surface area contributed by atoms with Crippen molar-refractivity contribution in [3.8, 4) is 0 Å². The Balaban J connectivity index is 1.34. The summed E-state index contributed by atoms with van der Waals surface area (Å²) in [5, 5.41) is 46.8. The number of ether oxygens (including phenoxy) is 1. The first-order valence-corrected chi connectivity index (χ1v) is 14.8. The lowest BCUT2D eigenvalue weighted by atomic mass is 9.35. The number of rotatable bonds is 5. The molecule has 0 amide bonds. The van der Waals surface area contributed by atoms with Gasteiger partial charge in [0.1, 0.15) is 11.5 Å². The lowest BCUT2D eigenvalue weighted by Crippen LogP contribution is -2.85. The van der Waals surface area contributed by atoms with Crippen LogP contribution in [0.25, 0.3) is 0 Å². The minimum absolute atomic E-state index is 0.0110. The van der Waals surface area contributed by atoms with E-state index in [9.17, 15) is 33.6 Å². The maximum absolute atomic E-state index is 14.3. The second-order valence-electron chi connectivity index (χ2n) is 12.6. The molecule has 37 heavy (non-hydrogen) atoms. The van der Waals surface area contributed by atoms with Crippen molar-refractivity contribution in [3.63, 3.8) is 0 Å². The van der Waals surface area contributed by atoms with Crippen LogP contribution in [0.1, 0.15) is 46.0 Å². The van der Waals surface area contributed by atoms with E-state index in [1.165, 1.54) is 12.1 Å². The molecule has 7 rings (SSSR count). The van der Waals surface area contributed by atoms with Crippen LogP contribution in [0.4, 0.5) is 0 Å². The number of Topliss-reactive ketones (excluding diaryl/α,β-unsaturated/α-hetero) is 1. The fourth-order valence-corrected chi connectivity index (χ4v) is 10.5. The van der Waals surface area contributed by atoms with Crippen molar-refractivity contribution in [2.75, 3.05) is 13.2 Å². The Labute approximate surface area is 217 Å². The van der Waals surface area contributed by atoms with Crippen LogP contribution >= 0.6 is 0 Å². The predicted octanol–water partition coefficient (Wildman–Crippen LogP) is 0.804. The molecular weight excluding hydrogens is 498 g/mol. The van der Waals surface area contributed by atoms with E-state index in [2.05, 4.69) is 4.72 Å². The normalized spacial score (nSPS) is 47.9. The van der Waals surface area contributed by atoms with Crippen molar-refractivity contribution in [1.29, 1.82) is 0 Å². The van der Waals surface area contributed by atoms with E-state index in [4.69, 9.17) is 4.74 Å². The largest absolute Gasteiger partial charge is 0.392 e. The highest BCUT2D eigenvalue weighted by atomic mass is 32.2. The monoisotopic (exact) mass is 535 g/mol. The van der Waals surface area contributed by atoms with E-state index in [-0.39, 0.29) is 30.3 Å². The average Bonchev–Trinajstić information content (AvgIpc) is 2.97. The molecule has 10 atom stereocenters. The molecule has 2 saturated heterocycles. The molecule has 0 unspecified atom stereocenters. The van der Waals surface area contributed by atoms with Gasteiger partial charge in [0.25, 0.3) is 0 Å². The van der Waals surface area contributed by atoms with Crippen LogP contribution in [-0.4, -0.2) is 71.9 Å².